The maximum atomic E-state index is 11.6. The fraction of sp³-hybridized carbons (Fsp3) is 0.933. The molecule has 5 nitrogen and oxygen atoms in total. The summed E-state index contributed by atoms with van der Waals surface area (Å²) in [6.45, 7) is 11.1. The third kappa shape index (κ3) is 6.57. The molecule has 0 aromatic rings. The summed E-state index contributed by atoms with van der Waals surface area (Å²) in [7, 11) is 0. The van der Waals surface area contributed by atoms with Crippen LogP contribution in [0.4, 0.5) is 4.79 Å². The van der Waals surface area contributed by atoms with Crippen LogP contribution < -0.4 is 10.6 Å². The van der Waals surface area contributed by atoms with Crippen LogP contribution in [0.25, 0.3) is 0 Å². The molecular weight excluding hydrogens is 256 g/mol. The van der Waals surface area contributed by atoms with Crippen LogP contribution in [0.1, 0.15) is 53.9 Å². The Balaban J connectivity index is 2.19. The van der Waals surface area contributed by atoms with Crippen LogP contribution in [0, 0.1) is 0 Å². The van der Waals surface area contributed by atoms with Gasteiger partial charge in [0.05, 0.1) is 6.10 Å². The summed E-state index contributed by atoms with van der Waals surface area (Å²) in [6, 6.07) is 0.798. The molecule has 20 heavy (non-hydrogen) atoms. The lowest BCUT2D eigenvalue weighted by Gasteiger charge is -2.38. The van der Waals surface area contributed by atoms with Crippen molar-refractivity contribution in [2.24, 2.45) is 0 Å². The number of alkyl carbamates (subject to hydrolysis) is 1. The molecule has 1 aliphatic carbocycles. The number of nitrogens with one attached hydrogen (secondary N) is 2. The molecular formula is C15H30N2O3. The summed E-state index contributed by atoms with van der Waals surface area (Å²) in [6.07, 6.45) is 3.17. The van der Waals surface area contributed by atoms with Crippen molar-refractivity contribution in [2.45, 2.75) is 77.7 Å². The van der Waals surface area contributed by atoms with E-state index in [1.807, 2.05) is 27.7 Å². The predicted molar refractivity (Wildman–Crippen MR) is 79.9 cm³/mol. The lowest BCUT2D eigenvalue weighted by molar-refractivity contribution is -0.0126. The zero-order valence-electron chi connectivity index (χ0n) is 13.5. The van der Waals surface area contributed by atoms with Gasteiger partial charge in [-0.1, -0.05) is 6.92 Å². The summed E-state index contributed by atoms with van der Waals surface area (Å²) in [4.78, 5) is 11.6. The van der Waals surface area contributed by atoms with Crippen molar-refractivity contribution in [3.05, 3.63) is 0 Å². The number of carbonyl (C=O) groups is 1. The second-order valence-corrected chi connectivity index (χ2v) is 6.40. The number of hydrogen-bond donors (Lipinski definition) is 2. The van der Waals surface area contributed by atoms with Gasteiger partial charge in [0, 0.05) is 25.2 Å². The van der Waals surface area contributed by atoms with Gasteiger partial charge in [-0.2, -0.15) is 0 Å². The molecule has 0 aliphatic heterocycles. The number of carbonyl (C=O) groups excluding carboxylic acids is 1. The average Bonchev–Trinajstić information content (AvgIpc) is 2.28. The SMILES string of the molecule is CCOC1CC(NC(CC)CNC(=O)OC(C)(C)C)C1. The van der Waals surface area contributed by atoms with Gasteiger partial charge >= 0.3 is 6.09 Å². The molecule has 0 radical (unpaired) electrons. The molecule has 0 aromatic heterocycles. The molecule has 5 heteroatoms. The summed E-state index contributed by atoms with van der Waals surface area (Å²) in [5, 5.41) is 6.38. The molecule has 1 aliphatic rings. The maximum Gasteiger partial charge on any atom is 0.407 e. The zero-order chi connectivity index (χ0) is 15.2. The second kappa shape index (κ2) is 7.84. The van der Waals surface area contributed by atoms with Crippen LogP contribution in [-0.4, -0.2) is 43.0 Å². The van der Waals surface area contributed by atoms with E-state index in [4.69, 9.17) is 9.47 Å². The number of hydrogen-bond acceptors (Lipinski definition) is 4. The Labute approximate surface area is 122 Å². The minimum absolute atomic E-state index is 0.287. The van der Waals surface area contributed by atoms with Gasteiger partial charge in [-0.15, -0.1) is 0 Å². The van der Waals surface area contributed by atoms with Crippen LogP contribution >= 0.6 is 0 Å². The van der Waals surface area contributed by atoms with E-state index < -0.39 is 5.60 Å². The highest BCUT2D eigenvalue weighted by Gasteiger charge is 2.30. The van der Waals surface area contributed by atoms with Gasteiger partial charge in [-0.05, 0) is 47.0 Å². The summed E-state index contributed by atoms with van der Waals surface area (Å²) in [5.74, 6) is 0. The highest BCUT2D eigenvalue weighted by Crippen LogP contribution is 2.23. The van der Waals surface area contributed by atoms with E-state index in [1.54, 1.807) is 0 Å². The summed E-state index contributed by atoms with van der Waals surface area (Å²) >= 11 is 0. The van der Waals surface area contributed by atoms with Gasteiger partial charge in [0.2, 0.25) is 0 Å². The average molecular weight is 286 g/mol. The molecule has 2 N–H and O–H groups in total. The highest BCUT2D eigenvalue weighted by molar-refractivity contribution is 5.67. The molecule has 0 spiro atoms. The lowest BCUT2D eigenvalue weighted by Crippen LogP contribution is -2.52. The fourth-order valence-electron chi connectivity index (χ4n) is 2.25. The standard InChI is InChI=1S/C15H30N2O3/c1-6-11(10-16-14(18)20-15(3,4)5)17-12-8-13(9-12)19-7-2/h11-13,17H,6-10H2,1-5H3,(H,16,18). The summed E-state index contributed by atoms with van der Waals surface area (Å²) < 4.78 is 10.8. The predicted octanol–water partition coefficient (Wildman–Crippen LogP) is 2.45. The quantitative estimate of drug-likeness (QED) is 0.754. The first kappa shape index (κ1) is 17.2. The van der Waals surface area contributed by atoms with E-state index in [9.17, 15) is 4.79 Å². The van der Waals surface area contributed by atoms with Crippen LogP contribution in [0.3, 0.4) is 0 Å². The van der Waals surface area contributed by atoms with Crippen molar-refractivity contribution in [3.63, 3.8) is 0 Å². The van der Waals surface area contributed by atoms with Crippen molar-refractivity contribution in [1.82, 2.24) is 10.6 Å². The molecule has 1 amide bonds. The van der Waals surface area contributed by atoms with Gasteiger partial charge in [0.1, 0.15) is 5.60 Å². The molecule has 0 saturated heterocycles. The first-order valence-corrected chi connectivity index (χ1v) is 7.68. The molecule has 0 bridgehead atoms. The van der Waals surface area contributed by atoms with Crippen molar-refractivity contribution in [2.75, 3.05) is 13.2 Å². The number of ether oxygens (including phenoxy) is 2. The molecule has 1 atom stereocenters. The molecule has 0 aromatic carbocycles. The van der Waals surface area contributed by atoms with E-state index in [0.29, 0.717) is 18.7 Å². The monoisotopic (exact) mass is 286 g/mol. The molecule has 1 unspecified atom stereocenters. The smallest absolute Gasteiger partial charge is 0.407 e. The van der Waals surface area contributed by atoms with Crippen molar-refractivity contribution in [1.29, 1.82) is 0 Å². The van der Waals surface area contributed by atoms with E-state index in [1.165, 1.54) is 0 Å². The Morgan fingerprint density at radius 3 is 2.45 bits per heavy atom. The van der Waals surface area contributed by atoms with Crippen LogP contribution in [-0.2, 0) is 9.47 Å². The van der Waals surface area contributed by atoms with Crippen molar-refractivity contribution >= 4 is 6.09 Å². The minimum Gasteiger partial charge on any atom is -0.444 e. The Hall–Kier alpha value is -0.810. The Morgan fingerprint density at radius 1 is 1.30 bits per heavy atom. The Kier molecular flexibility index (Phi) is 6.76. The first-order valence-electron chi connectivity index (χ1n) is 7.68. The van der Waals surface area contributed by atoms with Crippen LogP contribution in [0.2, 0.25) is 0 Å². The zero-order valence-corrected chi connectivity index (χ0v) is 13.5. The van der Waals surface area contributed by atoms with E-state index in [-0.39, 0.29) is 12.1 Å². The van der Waals surface area contributed by atoms with E-state index in [0.717, 1.165) is 25.9 Å². The van der Waals surface area contributed by atoms with Crippen LogP contribution in [0.5, 0.6) is 0 Å². The highest BCUT2D eigenvalue weighted by atomic mass is 16.6. The molecule has 118 valence electrons. The number of rotatable bonds is 7. The Morgan fingerprint density at radius 2 is 1.95 bits per heavy atom. The van der Waals surface area contributed by atoms with Gasteiger partial charge < -0.3 is 20.1 Å². The number of amides is 1. The van der Waals surface area contributed by atoms with Gasteiger partial charge in [0.25, 0.3) is 0 Å². The summed E-state index contributed by atoms with van der Waals surface area (Å²) in [5.41, 5.74) is -0.447. The maximum absolute atomic E-state index is 11.6. The molecule has 0 heterocycles. The van der Waals surface area contributed by atoms with Gasteiger partial charge in [0.15, 0.2) is 0 Å². The topological polar surface area (TPSA) is 59.6 Å². The third-order valence-electron chi connectivity index (χ3n) is 3.35. The normalized spacial score (nSPS) is 23.9. The fourth-order valence-corrected chi connectivity index (χ4v) is 2.25. The largest absolute Gasteiger partial charge is 0.444 e. The van der Waals surface area contributed by atoms with Gasteiger partial charge in [-0.25, -0.2) is 4.79 Å². The van der Waals surface area contributed by atoms with Crippen LogP contribution in [0.15, 0.2) is 0 Å². The minimum atomic E-state index is -0.447. The Bertz CT molecular complexity index is 296. The third-order valence-corrected chi connectivity index (χ3v) is 3.35. The molecule has 1 fully saturated rings. The van der Waals surface area contributed by atoms with E-state index in [2.05, 4.69) is 17.6 Å². The molecule has 1 rings (SSSR count). The van der Waals surface area contributed by atoms with Gasteiger partial charge in [-0.3, -0.25) is 0 Å². The van der Waals surface area contributed by atoms with E-state index >= 15 is 0 Å². The second-order valence-electron chi connectivity index (χ2n) is 6.40. The first-order chi connectivity index (χ1) is 9.34. The van der Waals surface area contributed by atoms with Crippen molar-refractivity contribution in [3.8, 4) is 0 Å². The molecule has 1 saturated carbocycles. The lowest BCUT2D eigenvalue weighted by atomic mass is 9.88. The van der Waals surface area contributed by atoms with Crippen molar-refractivity contribution < 1.29 is 14.3 Å².